The molecule has 5 nitrogen and oxygen atoms in total. The summed E-state index contributed by atoms with van der Waals surface area (Å²) in [6.07, 6.45) is 2.39. The Morgan fingerprint density at radius 2 is 1.95 bits per heavy atom. The van der Waals surface area contributed by atoms with E-state index in [1.807, 2.05) is 0 Å². The third-order valence-electron chi connectivity index (χ3n) is 3.57. The number of rotatable bonds is 1. The number of ether oxygens (including phenoxy) is 2. The van der Waals surface area contributed by atoms with Crippen molar-refractivity contribution < 1.29 is 18.7 Å². The zero-order chi connectivity index (χ0) is 13.3. The predicted molar refractivity (Wildman–Crippen MR) is 64.0 cm³/mol. The molecule has 1 aromatic rings. The summed E-state index contributed by atoms with van der Waals surface area (Å²) in [6.45, 7) is 2.37. The van der Waals surface area contributed by atoms with Crippen molar-refractivity contribution in [2.24, 2.45) is 0 Å². The Balaban J connectivity index is 1.64. The van der Waals surface area contributed by atoms with Gasteiger partial charge in [0.2, 0.25) is 0 Å². The first-order valence-corrected chi connectivity index (χ1v) is 6.37. The Labute approximate surface area is 110 Å². The second kappa shape index (κ2) is 4.86. The first-order valence-electron chi connectivity index (χ1n) is 6.37. The molecule has 1 spiro atoms. The fourth-order valence-corrected chi connectivity index (χ4v) is 2.50. The van der Waals surface area contributed by atoms with Gasteiger partial charge in [-0.2, -0.15) is 0 Å². The summed E-state index contributed by atoms with van der Waals surface area (Å²) in [5.74, 6) is -1.11. The van der Waals surface area contributed by atoms with E-state index in [1.165, 1.54) is 12.1 Å². The van der Waals surface area contributed by atoms with Crippen LogP contribution in [-0.4, -0.2) is 47.9 Å². The van der Waals surface area contributed by atoms with Crippen LogP contribution in [0.4, 0.5) is 4.39 Å². The van der Waals surface area contributed by atoms with Crippen molar-refractivity contribution in [2.75, 3.05) is 26.3 Å². The summed E-state index contributed by atoms with van der Waals surface area (Å²) in [5, 5.41) is 0. The molecular weight excluding hydrogens is 251 g/mol. The quantitative estimate of drug-likeness (QED) is 0.766. The van der Waals surface area contributed by atoms with Crippen LogP contribution in [0, 0.1) is 5.82 Å². The minimum atomic E-state index is -0.493. The molecule has 2 aliphatic rings. The molecule has 3 heterocycles. The highest BCUT2D eigenvalue weighted by Gasteiger charge is 2.40. The van der Waals surface area contributed by atoms with Gasteiger partial charge in [-0.3, -0.25) is 4.79 Å². The molecule has 1 aromatic heterocycles. The van der Waals surface area contributed by atoms with Gasteiger partial charge in [0.05, 0.1) is 19.4 Å². The maximum absolute atomic E-state index is 12.8. The largest absolute Gasteiger partial charge is 0.347 e. The van der Waals surface area contributed by atoms with E-state index in [1.54, 1.807) is 4.90 Å². The Kier molecular flexibility index (Phi) is 3.20. The van der Waals surface area contributed by atoms with Gasteiger partial charge < -0.3 is 14.4 Å². The summed E-state index contributed by atoms with van der Waals surface area (Å²) in [4.78, 5) is 17.7. The van der Waals surface area contributed by atoms with Crippen LogP contribution >= 0.6 is 0 Å². The van der Waals surface area contributed by atoms with E-state index in [9.17, 15) is 9.18 Å². The molecule has 2 saturated heterocycles. The van der Waals surface area contributed by atoms with Gasteiger partial charge in [0.15, 0.2) is 5.79 Å². The van der Waals surface area contributed by atoms with Gasteiger partial charge >= 0.3 is 0 Å². The average Bonchev–Trinajstić information content (AvgIpc) is 2.88. The number of aromatic nitrogens is 1. The summed E-state index contributed by atoms with van der Waals surface area (Å²) < 4.78 is 24.0. The van der Waals surface area contributed by atoms with E-state index in [0.29, 0.717) is 39.1 Å². The zero-order valence-corrected chi connectivity index (χ0v) is 10.5. The Morgan fingerprint density at radius 1 is 1.26 bits per heavy atom. The molecule has 0 bridgehead atoms. The number of piperidine rings is 1. The van der Waals surface area contributed by atoms with Crippen molar-refractivity contribution in [3.05, 3.63) is 29.8 Å². The summed E-state index contributed by atoms with van der Waals surface area (Å²) in [5.41, 5.74) is 0.269. The van der Waals surface area contributed by atoms with Crippen LogP contribution in [0.1, 0.15) is 23.3 Å². The number of nitrogens with zero attached hydrogens (tertiary/aromatic N) is 2. The number of hydrogen-bond donors (Lipinski definition) is 0. The highest BCUT2D eigenvalue weighted by Crippen LogP contribution is 2.31. The SMILES string of the molecule is O=C(c1ccc(F)cn1)N1CCC2(CC1)OCCO2. The van der Waals surface area contributed by atoms with E-state index < -0.39 is 11.6 Å². The number of hydrogen-bond acceptors (Lipinski definition) is 4. The van der Waals surface area contributed by atoms with Gasteiger partial charge in [-0.25, -0.2) is 9.37 Å². The van der Waals surface area contributed by atoms with Gasteiger partial charge in [-0.05, 0) is 12.1 Å². The molecule has 0 aromatic carbocycles. The topological polar surface area (TPSA) is 51.7 Å². The average molecular weight is 266 g/mol. The third-order valence-corrected chi connectivity index (χ3v) is 3.57. The maximum Gasteiger partial charge on any atom is 0.272 e. The highest BCUT2D eigenvalue weighted by molar-refractivity contribution is 5.92. The zero-order valence-electron chi connectivity index (χ0n) is 10.5. The van der Waals surface area contributed by atoms with E-state index in [0.717, 1.165) is 6.20 Å². The first-order chi connectivity index (χ1) is 9.19. The van der Waals surface area contributed by atoms with Gasteiger partial charge in [0, 0.05) is 25.9 Å². The minimum absolute atomic E-state index is 0.173. The highest BCUT2D eigenvalue weighted by atomic mass is 19.1. The molecule has 19 heavy (non-hydrogen) atoms. The lowest BCUT2D eigenvalue weighted by Gasteiger charge is -2.37. The molecular formula is C13H15FN2O3. The first kappa shape index (κ1) is 12.5. The third kappa shape index (κ3) is 2.46. The molecule has 0 N–H and O–H groups in total. The number of carbonyl (C=O) groups is 1. The second-order valence-corrected chi connectivity index (χ2v) is 4.76. The lowest BCUT2D eigenvalue weighted by atomic mass is 10.0. The molecule has 0 radical (unpaired) electrons. The van der Waals surface area contributed by atoms with Gasteiger partial charge in [-0.1, -0.05) is 0 Å². The number of amides is 1. The number of halogens is 1. The Bertz CT molecular complexity index is 461. The Morgan fingerprint density at radius 3 is 2.53 bits per heavy atom. The van der Waals surface area contributed by atoms with Crippen LogP contribution in [0.15, 0.2) is 18.3 Å². The molecule has 2 fully saturated rings. The number of carbonyl (C=O) groups excluding carboxylic acids is 1. The van der Waals surface area contributed by atoms with Crippen LogP contribution in [0.5, 0.6) is 0 Å². The molecule has 0 saturated carbocycles. The molecule has 2 aliphatic heterocycles. The molecule has 6 heteroatoms. The summed E-state index contributed by atoms with van der Waals surface area (Å²) in [7, 11) is 0. The maximum atomic E-state index is 12.8. The molecule has 0 aliphatic carbocycles. The number of pyridine rings is 1. The normalized spacial score (nSPS) is 21.8. The van der Waals surface area contributed by atoms with E-state index >= 15 is 0 Å². The standard InChI is InChI=1S/C13H15FN2O3/c14-10-1-2-11(15-9-10)12(17)16-5-3-13(4-6-16)18-7-8-19-13/h1-2,9H,3-8H2. The van der Waals surface area contributed by atoms with Crippen molar-refractivity contribution in [1.29, 1.82) is 0 Å². The molecule has 1 amide bonds. The fourth-order valence-electron chi connectivity index (χ4n) is 2.50. The van der Waals surface area contributed by atoms with Crippen LogP contribution in [0.3, 0.4) is 0 Å². The molecule has 0 unspecified atom stereocenters. The lowest BCUT2D eigenvalue weighted by Crippen LogP contribution is -2.47. The van der Waals surface area contributed by atoms with Crippen molar-refractivity contribution in [3.8, 4) is 0 Å². The smallest absolute Gasteiger partial charge is 0.272 e. The van der Waals surface area contributed by atoms with Crippen molar-refractivity contribution in [1.82, 2.24) is 9.88 Å². The van der Waals surface area contributed by atoms with Gasteiger partial charge in [-0.15, -0.1) is 0 Å². The van der Waals surface area contributed by atoms with Gasteiger partial charge in [0.25, 0.3) is 5.91 Å². The summed E-state index contributed by atoms with van der Waals surface area (Å²) in [6, 6.07) is 2.65. The predicted octanol–water partition coefficient (Wildman–Crippen LogP) is 1.20. The minimum Gasteiger partial charge on any atom is -0.347 e. The number of likely N-dealkylation sites (tertiary alicyclic amines) is 1. The molecule has 3 rings (SSSR count). The monoisotopic (exact) mass is 266 g/mol. The van der Waals surface area contributed by atoms with Crippen molar-refractivity contribution in [3.63, 3.8) is 0 Å². The van der Waals surface area contributed by atoms with Crippen LogP contribution < -0.4 is 0 Å². The van der Waals surface area contributed by atoms with E-state index in [-0.39, 0.29) is 11.6 Å². The van der Waals surface area contributed by atoms with Gasteiger partial charge in [0.1, 0.15) is 11.5 Å². The summed E-state index contributed by atoms with van der Waals surface area (Å²) >= 11 is 0. The van der Waals surface area contributed by atoms with Crippen LogP contribution in [-0.2, 0) is 9.47 Å². The molecule has 0 atom stereocenters. The van der Waals surface area contributed by atoms with E-state index in [4.69, 9.17) is 9.47 Å². The Hall–Kier alpha value is -1.53. The van der Waals surface area contributed by atoms with Crippen molar-refractivity contribution in [2.45, 2.75) is 18.6 Å². The second-order valence-electron chi connectivity index (χ2n) is 4.76. The van der Waals surface area contributed by atoms with Crippen LogP contribution in [0.25, 0.3) is 0 Å². The van der Waals surface area contributed by atoms with Crippen LogP contribution in [0.2, 0.25) is 0 Å². The van der Waals surface area contributed by atoms with E-state index in [2.05, 4.69) is 4.98 Å². The van der Waals surface area contributed by atoms with Crippen molar-refractivity contribution >= 4 is 5.91 Å². The lowest BCUT2D eigenvalue weighted by molar-refractivity contribution is -0.181. The fraction of sp³-hybridized carbons (Fsp3) is 0.538. The molecule has 102 valence electrons.